The molecule has 1 aromatic heterocycles. The van der Waals surface area contributed by atoms with Crippen LogP contribution in [0.1, 0.15) is 35.2 Å². The van der Waals surface area contributed by atoms with Gasteiger partial charge in [0.15, 0.2) is 0 Å². The van der Waals surface area contributed by atoms with Crippen LogP contribution in [0, 0.1) is 6.92 Å². The predicted molar refractivity (Wildman–Crippen MR) is 111 cm³/mol. The van der Waals surface area contributed by atoms with Gasteiger partial charge in [-0.3, -0.25) is 4.79 Å². The van der Waals surface area contributed by atoms with Gasteiger partial charge in [-0.05, 0) is 36.6 Å². The first-order valence-electron chi connectivity index (χ1n) is 9.14. The molecule has 0 aliphatic rings. The summed E-state index contributed by atoms with van der Waals surface area (Å²) in [5.74, 6) is 0.630. The Morgan fingerprint density at radius 3 is 2.78 bits per heavy atom. The van der Waals surface area contributed by atoms with Gasteiger partial charge in [0.05, 0.1) is 29.4 Å². The molecule has 3 aromatic rings. The lowest BCUT2D eigenvalue weighted by molar-refractivity contribution is -0.115. The van der Waals surface area contributed by atoms with Crippen LogP contribution in [0.2, 0.25) is 0 Å². The fourth-order valence-corrected chi connectivity index (χ4v) is 3.53. The summed E-state index contributed by atoms with van der Waals surface area (Å²) in [7, 11) is 0. The van der Waals surface area contributed by atoms with Crippen LogP contribution in [-0.4, -0.2) is 17.5 Å². The third-order valence-corrected chi connectivity index (χ3v) is 4.91. The van der Waals surface area contributed by atoms with Crippen molar-refractivity contribution in [1.82, 2.24) is 4.98 Å². The van der Waals surface area contributed by atoms with Crippen molar-refractivity contribution in [3.8, 4) is 5.75 Å². The molecule has 0 fully saturated rings. The van der Waals surface area contributed by atoms with Gasteiger partial charge in [0.1, 0.15) is 5.75 Å². The summed E-state index contributed by atoms with van der Waals surface area (Å²) in [6, 6.07) is 16.0. The fraction of sp³-hybridized carbons (Fsp3) is 0.273. The van der Waals surface area contributed by atoms with Gasteiger partial charge in [-0.25, -0.2) is 4.98 Å². The SMILES string of the molecule is CCCOc1cc(C)ccc1NC(=O)Cc1csc(Cc2ccccc2)n1. The summed E-state index contributed by atoms with van der Waals surface area (Å²) < 4.78 is 5.76. The number of thiazole rings is 1. The Hall–Kier alpha value is -2.66. The highest BCUT2D eigenvalue weighted by Crippen LogP contribution is 2.26. The van der Waals surface area contributed by atoms with Crippen LogP contribution in [0.3, 0.4) is 0 Å². The normalized spacial score (nSPS) is 10.6. The smallest absolute Gasteiger partial charge is 0.230 e. The van der Waals surface area contributed by atoms with Crippen molar-refractivity contribution >= 4 is 22.9 Å². The van der Waals surface area contributed by atoms with Gasteiger partial charge in [-0.15, -0.1) is 11.3 Å². The molecular weight excluding hydrogens is 356 g/mol. The number of amides is 1. The number of hydrogen-bond acceptors (Lipinski definition) is 4. The summed E-state index contributed by atoms with van der Waals surface area (Å²) in [4.78, 5) is 17.1. The number of nitrogens with one attached hydrogen (secondary N) is 1. The zero-order chi connectivity index (χ0) is 19.1. The van der Waals surface area contributed by atoms with Crippen LogP contribution in [0.5, 0.6) is 5.75 Å². The Labute approximate surface area is 164 Å². The minimum Gasteiger partial charge on any atom is -0.491 e. The molecule has 1 amide bonds. The Bertz CT molecular complexity index is 890. The summed E-state index contributed by atoms with van der Waals surface area (Å²) in [6.07, 6.45) is 1.97. The lowest BCUT2D eigenvalue weighted by Crippen LogP contribution is -2.15. The van der Waals surface area contributed by atoms with Gasteiger partial charge < -0.3 is 10.1 Å². The molecule has 27 heavy (non-hydrogen) atoms. The van der Waals surface area contributed by atoms with E-state index in [1.807, 2.05) is 48.7 Å². The average Bonchev–Trinajstić information content (AvgIpc) is 3.09. The topological polar surface area (TPSA) is 51.2 Å². The van der Waals surface area contributed by atoms with Crippen molar-refractivity contribution in [2.45, 2.75) is 33.1 Å². The van der Waals surface area contributed by atoms with Gasteiger partial charge in [0.25, 0.3) is 0 Å². The Morgan fingerprint density at radius 1 is 1.19 bits per heavy atom. The number of aryl methyl sites for hydroxylation is 1. The number of anilines is 1. The van der Waals surface area contributed by atoms with Crippen molar-refractivity contribution in [1.29, 1.82) is 0 Å². The molecule has 0 saturated carbocycles. The summed E-state index contributed by atoms with van der Waals surface area (Å²) in [6.45, 7) is 4.69. The third kappa shape index (κ3) is 5.66. The zero-order valence-electron chi connectivity index (χ0n) is 15.7. The minimum absolute atomic E-state index is 0.0863. The van der Waals surface area contributed by atoms with E-state index in [0.717, 1.165) is 29.1 Å². The lowest BCUT2D eigenvalue weighted by atomic mass is 10.2. The molecule has 3 rings (SSSR count). The second-order valence-corrected chi connectivity index (χ2v) is 7.41. The van der Waals surface area contributed by atoms with Crippen LogP contribution >= 0.6 is 11.3 Å². The molecule has 0 aliphatic carbocycles. The average molecular weight is 381 g/mol. The number of benzene rings is 2. The second-order valence-electron chi connectivity index (χ2n) is 6.47. The van der Waals surface area contributed by atoms with E-state index in [4.69, 9.17) is 4.74 Å². The highest BCUT2D eigenvalue weighted by Gasteiger charge is 2.12. The molecule has 5 heteroatoms. The van der Waals surface area contributed by atoms with E-state index in [0.29, 0.717) is 18.0 Å². The van der Waals surface area contributed by atoms with E-state index < -0.39 is 0 Å². The summed E-state index contributed by atoms with van der Waals surface area (Å²) in [5, 5.41) is 5.93. The number of aromatic nitrogens is 1. The van der Waals surface area contributed by atoms with Crippen molar-refractivity contribution in [3.63, 3.8) is 0 Å². The summed E-state index contributed by atoms with van der Waals surface area (Å²) >= 11 is 1.59. The van der Waals surface area contributed by atoms with Crippen LogP contribution in [0.4, 0.5) is 5.69 Å². The van der Waals surface area contributed by atoms with Crippen molar-refractivity contribution in [2.24, 2.45) is 0 Å². The lowest BCUT2D eigenvalue weighted by Gasteiger charge is -2.12. The molecule has 0 atom stereocenters. The minimum atomic E-state index is -0.0863. The molecular formula is C22H24N2O2S. The molecule has 0 spiro atoms. The summed E-state index contributed by atoms with van der Waals surface area (Å²) in [5.41, 5.74) is 3.83. The van der Waals surface area contributed by atoms with Crippen LogP contribution < -0.4 is 10.1 Å². The van der Waals surface area contributed by atoms with Gasteiger partial charge in [0, 0.05) is 11.8 Å². The number of ether oxygens (including phenoxy) is 1. The maximum atomic E-state index is 12.5. The quantitative estimate of drug-likeness (QED) is 0.597. The number of carbonyl (C=O) groups excluding carboxylic acids is 1. The van der Waals surface area contributed by atoms with E-state index in [2.05, 4.69) is 29.4 Å². The highest BCUT2D eigenvalue weighted by atomic mass is 32.1. The van der Waals surface area contributed by atoms with Crippen molar-refractivity contribution < 1.29 is 9.53 Å². The van der Waals surface area contributed by atoms with Gasteiger partial charge >= 0.3 is 0 Å². The molecule has 0 radical (unpaired) electrons. The van der Waals surface area contributed by atoms with E-state index >= 15 is 0 Å². The number of carbonyl (C=O) groups is 1. The first-order valence-corrected chi connectivity index (χ1v) is 10.0. The Kier molecular flexibility index (Phi) is 6.60. The van der Waals surface area contributed by atoms with E-state index in [1.54, 1.807) is 11.3 Å². The fourth-order valence-electron chi connectivity index (χ4n) is 2.70. The van der Waals surface area contributed by atoms with E-state index in [9.17, 15) is 4.79 Å². The number of rotatable bonds is 8. The zero-order valence-corrected chi connectivity index (χ0v) is 16.5. The first-order chi connectivity index (χ1) is 13.1. The maximum absolute atomic E-state index is 12.5. The van der Waals surface area contributed by atoms with Crippen LogP contribution in [0.15, 0.2) is 53.9 Å². The molecule has 1 N–H and O–H groups in total. The van der Waals surface area contributed by atoms with E-state index in [1.165, 1.54) is 5.56 Å². The van der Waals surface area contributed by atoms with Crippen molar-refractivity contribution in [2.75, 3.05) is 11.9 Å². The van der Waals surface area contributed by atoms with Gasteiger partial charge in [-0.2, -0.15) is 0 Å². The van der Waals surface area contributed by atoms with Gasteiger partial charge in [0.2, 0.25) is 5.91 Å². The van der Waals surface area contributed by atoms with E-state index in [-0.39, 0.29) is 12.3 Å². The molecule has 0 bridgehead atoms. The molecule has 140 valence electrons. The largest absolute Gasteiger partial charge is 0.491 e. The van der Waals surface area contributed by atoms with Gasteiger partial charge in [-0.1, -0.05) is 43.3 Å². The molecule has 0 unspecified atom stereocenters. The maximum Gasteiger partial charge on any atom is 0.230 e. The number of nitrogens with zero attached hydrogens (tertiary/aromatic N) is 1. The molecule has 0 saturated heterocycles. The van der Waals surface area contributed by atoms with Crippen molar-refractivity contribution in [3.05, 3.63) is 75.7 Å². The second kappa shape index (κ2) is 9.33. The Morgan fingerprint density at radius 2 is 2.00 bits per heavy atom. The highest BCUT2D eigenvalue weighted by molar-refractivity contribution is 7.09. The Balaban J connectivity index is 1.61. The van der Waals surface area contributed by atoms with Crippen LogP contribution in [-0.2, 0) is 17.6 Å². The molecule has 1 heterocycles. The first kappa shape index (κ1) is 19.1. The molecule has 0 aliphatic heterocycles. The van der Waals surface area contributed by atoms with Crippen LogP contribution in [0.25, 0.3) is 0 Å². The third-order valence-electron chi connectivity index (χ3n) is 4.01. The molecule has 4 nitrogen and oxygen atoms in total. The predicted octanol–water partition coefficient (Wildman–Crippen LogP) is 5.01. The monoisotopic (exact) mass is 380 g/mol. The standard InChI is InChI=1S/C22H24N2O2S/c1-3-11-26-20-12-16(2)9-10-19(20)24-21(25)14-18-15-27-22(23-18)13-17-7-5-4-6-8-17/h4-10,12,15H,3,11,13-14H2,1-2H3,(H,24,25). The molecule has 2 aromatic carbocycles. The number of hydrogen-bond donors (Lipinski definition) is 1.